The van der Waals surface area contributed by atoms with E-state index in [0.29, 0.717) is 15.9 Å². The van der Waals surface area contributed by atoms with Crippen molar-refractivity contribution in [2.24, 2.45) is 5.16 Å². The third kappa shape index (κ3) is 3.81. The van der Waals surface area contributed by atoms with Gasteiger partial charge in [-0.05, 0) is 42.8 Å². The first-order chi connectivity index (χ1) is 9.58. The lowest BCUT2D eigenvalue weighted by Crippen LogP contribution is -1.99. The second-order valence-corrected chi connectivity index (χ2v) is 5.20. The first-order valence-corrected chi connectivity index (χ1v) is 6.74. The lowest BCUT2D eigenvalue weighted by atomic mass is 10.1. The third-order valence-corrected chi connectivity index (χ3v) is 3.19. The van der Waals surface area contributed by atoms with Gasteiger partial charge >= 0.3 is 0 Å². The van der Waals surface area contributed by atoms with E-state index in [2.05, 4.69) is 21.1 Å². The second kappa shape index (κ2) is 6.52. The highest BCUT2D eigenvalue weighted by Crippen LogP contribution is 2.19. The van der Waals surface area contributed by atoms with Crippen molar-refractivity contribution < 1.29 is 14.3 Å². The molecular formula is C15H13BrFNO2. The summed E-state index contributed by atoms with van der Waals surface area (Å²) >= 11 is 3.24. The molecule has 2 aromatic carbocycles. The molecule has 5 heteroatoms. The summed E-state index contributed by atoms with van der Waals surface area (Å²) in [6.45, 7) is 1.96. The quantitative estimate of drug-likeness (QED) is 0.511. The van der Waals surface area contributed by atoms with Gasteiger partial charge in [-0.1, -0.05) is 33.2 Å². The van der Waals surface area contributed by atoms with Gasteiger partial charge in [0.25, 0.3) is 0 Å². The summed E-state index contributed by atoms with van der Waals surface area (Å²) in [5, 5.41) is 11.9. The van der Waals surface area contributed by atoms with Crippen molar-refractivity contribution in [1.29, 1.82) is 0 Å². The van der Waals surface area contributed by atoms with Gasteiger partial charge in [0.15, 0.2) is 0 Å². The largest absolute Gasteiger partial charge is 0.489 e. The minimum Gasteiger partial charge on any atom is -0.489 e. The van der Waals surface area contributed by atoms with Crippen molar-refractivity contribution in [3.05, 3.63) is 63.9 Å². The fourth-order valence-electron chi connectivity index (χ4n) is 1.73. The number of nitrogens with zero attached hydrogens (tertiary/aromatic N) is 1. The molecular weight excluding hydrogens is 325 g/mol. The summed E-state index contributed by atoms with van der Waals surface area (Å²) in [4.78, 5) is 0. The van der Waals surface area contributed by atoms with Gasteiger partial charge in [-0.25, -0.2) is 4.39 Å². The Bertz CT molecular complexity index is 623. The molecule has 0 amide bonds. The van der Waals surface area contributed by atoms with Crippen molar-refractivity contribution in [3.63, 3.8) is 0 Å². The molecule has 0 bridgehead atoms. The smallest absolute Gasteiger partial charge is 0.124 e. The SMILES string of the molecule is CC(=NO)c1cccc(OCc2cc(F)cc(Br)c2)c1. The summed E-state index contributed by atoms with van der Waals surface area (Å²) < 4.78 is 19.5. The van der Waals surface area contributed by atoms with E-state index in [0.717, 1.165) is 11.1 Å². The van der Waals surface area contributed by atoms with Gasteiger partial charge in [-0.3, -0.25) is 0 Å². The number of rotatable bonds is 4. The van der Waals surface area contributed by atoms with Gasteiger partial charge in [-0.15, -0.1) is 0 Å². The van der Waals surface area contributed by atoms with Crippen molar-refractivity contribution in [3.8, 4) is 5.75 Å². The van der Waals surface area contributed by atoms with Crippen LogP contribution in [-0.2, 0) is 6.61 Å². The van der Waals surface area contributed by atoms with Gasteiger partial charge < -0.3 is 9.94 Å². The predicted octanol–water partition coefficient (Wildman–Crippen LogP) is 4.37. The molecule has 0 atom stereocenters. The van der Waals surface area contributed by atoms with Gasteiger partial charge in [0.2, 0.25) is 0 Å². The minimum absolute atomic E-state index is 0.259. The Morgan fingerprint density at radius 2 is 2.10 bits per heavy atom. The van der Waals surface area contributed by atoms with E-state index < -0.39 is 0 Å². The van der Waals surface area contributed by atoms with E-state index in [1.54, 1.807) is 31.2 Å². The molecule has 0 spiro atoms. The van der Waals surface area contributed by atoms with Crippen LogP contribution in [0.2, 0.25) is 0 Å². The van der Waals surface area contributed by atoms with Crippen LogP contribution in [0.15, 0.2) is 52.1 Å². The summed E-state index contributed by atoms with van der Waals surface area (Å²) in [7, 11) is 0. The van der Waals surface area contributed by atoms with Crippen LogP contribution in [0.25, 0.3) is 0 Å². The Balaban J connectivity index is 2.11. The lowest BCUT2D eigenvalue weighted by molar-refractivity contribution is 0.305. The fourth-order valence-corrected chi connectivity index (χ4v) is 2.24. The summed E-state index contributed by atoms with van der Waals surface area (Å²) in [5.41, 5.74) is 2.00. The average Bonchev–Trinajstić information content (AvgIpc) is 2.43. The molecule has 20 heavy (non-hydrogen) atoms. The van der Waals surface area contributed by atoms with E-state index in [1.165, 1.54) is 12.1 Å². The molecule has 0 saturated heterocycles. The zero-order valence-corrected chi connectivity index (χ0v) is 12.4. The van der Waals surface area contributed by atoms with E-state index >= 15 is 0 Å². The first-order valence-electron chi connectivity index (χ1n) is 5.95. The molecule has 0 aliphatic carbocycles. The number of oxime groups is 1. The highest BCUT2D eigenvalue weighted by Gasteiger charge is 2.03. The molecule has 2 aromatic rings. The monoisotopic (exact) mass is 337 g/mol. The Hall–Kier alpha value is -1.88. The lowest BCUT2D eigenvalue weighted by Gasteiger charge is -2.08. The molecule has 0 aromatic heterocycles. The molecule has 0 radical (unpaired) electrons. The number of benzene rings is 2. The predicted molar refractivity (Wildman–Crippen MR) is 78.9 cm³/mol. The van der Waals surface area contributed by atoms with Crippen LogP contribution >= 0.6 is 15.9 Å². The summed E-state index contributed by atoms with van der Waals surface area (Å²) in [5.74, 6) is 0.320. The zero-order chi connectivity index (χ0) is 14.5. The van der Waals surface area contributed by atoms with Gasteiger partial charge in [0.1, 0.15) is 18.2 Å². The molecule has 0 heterocycles. The number of halogens is 2. The summed E-state index contributed by atoms with van der Waals surface area (Å²) in [6, 6.07) is 11.8. The number of hydrogen-bond donors (Lipinski definition) is 1. The Labute approximate surface area is 124 Å². The standard InChI is InChI=1S/C15H13BrFNO2/c1-10(18-19)12-3-2-4-15(7-12)20-9-11-5-13(16)8-14(17)6-11/h2-8,19H,9H2,1H3. The van der Waals surface area contributed by atoms with Crippen molar-refractivity contribution in [1.82, 2.24) is 0 Å². The molecule has 104 valence electrons. The highest BCUT2D eigenvalue weighted by atomic mass is 79.9. The van der Waals surface area contributed by atoms with Crippen LogP contribution in [0.1, 0.15) is 18.1 Å². The zero-order valence-electron chi connectivity index (χ0n) is 10.8. The third-order valence-electron chi connectivity index (χ3n) is 2.73. The second-order valence-electron chi connectivity index (χ2n) is 4.28. The van der Waals surface area contributed by atoms with Crippen LogP contribution in [-0.4, -0.2) is 10.9 Å². The molecule has 0 fully saturated rings. The number of hydrogen-bond acceptors (Lipinski definition) is 3. The molecule has 0 aliphatic rings. The normalized spacial score (nSPS) is 11.4. The molecule has 2 rings (SSSR count). The fraction of sp³-hybridized carbons (Fsp3) is 0.133. The number of ether oxygens (including phenoxy) is 1. The summed E-state index contributed by atoms with van der Waals surface area (Å²) in [6.07, 6.45) is 0. The topological polar surface area (TPSA) is 41.8 Å². The molecule has 0 saturated carbocycles. The van der Waals surface area contributed by atoms with E-state index in [1.807, 2.05) is 6.07 Å². The Kier molecular flexibility index (Phi) is 4.74. The first kappa shape index (κ1) is 14.5. The molecule has 3 nitrogen and oxygen atoms in total. The maximum atomic E-state index is 13.2. The van der Waals surface area contributed by atoms with Crippen molar-refractivity contribution in [2.45, 2.75) is 13.5 Å². The molecule has 0 aliphatic heterocycles. The molecule has 0 unspecified atom stereocenters. The van der Waals surface area contributed by atoms with Crippen molar-refractivity contribution >= 4 is 21.6 Å². The highest BCUT2D eigenvalue weighted by molar-refractivity contribution is 9.10. The van der Waals surface area contributed by atoms with E-state index in [4.69, 9.17) is 9.94 Å². The van der Waals surface area contributed by atoms with Gasteiger partial charge in [0, 0.05) is 10.0 Å². The van der Waals surface area contributed by atoms with Crippen LogP contribution < -0.4 is 4.74 Å². The van der Waals surface area contributed by atoms with Gasteiger partial charge in [0.05, 0.1) is 5.71 Å². The van der Waals surface area contributed by atoms with Crippen molar-refractivity contribution in [2.75, 3.05) is 0 Å². The van der Waals surface area contributed by atoms with Crippen LogP contribution in [0.3, 0.4) is 0 Å². The maximum absolute atomic E-state index is 13.2. The minimum atomic E-state index is -0.310. The molecule has 1 N–H and O–H groups in total. The Morgan fingerprint density at radius 3 is 2.80 bits per heavy atom. The van der Waals surface area contributed by atoms with Crippen LogP contribution in [0.4, 0.5) is 4.39 Å². The maximum Gasteiger partial charge on any atom is 0.124 e. The van der Waals surface area contributed by atoms with E-state index in [9.17, 15) is 4.39 Å². The Morgan fingerprint density at radius 1 is 1.30 bits per heavy atom. The average molecular weight is 338 g/mol. The van der Waals surface area contributed by atoms with Gasteiger partial charge in [-0.2, -0.15) is 0 Å². The van der Waals surface area contributed by atoms with Crippen LogP contribution in [0, 0.1) is 5.82 Å². The van der Waals surface area contributed by atoms with E-state index in [-0.39, 0.29) is 12.4 Å². The van der Waals surface area contributed by atoms with Crippen LogP contribution in [0.5, 0.6) is 5.75 Å².